The Kier molecular flexibility index (Phi) is 0.628. The molecule has 0 aromatic rings. The van der Waals surface area contributed by atoms with Crippen LogP contribution in [0.5, 0.6) is 0 Å². The first-order chi connectivity index (χ1) is 4.42. The maximum Gasteiger partial charge on any atom is 0.0366 e. The summed E-state index contributed by atoms with van der Waals surface area (Å²) in [5, 5.41) is 3.64. The molecule has 1 heterocycles. The summed E-state index contributed by atoms with van der Waals surface area (Å²) in [6.07, 6.45) is 7.48. The lowest BCUT2D eigenvalue weighted by Gasteiger charge is -2.39. The third kappa shape index (κ3) is 0.389. The molecule has 3 rings (SSSR count). The van der Waals surface area contributed by atoms with Crippen LogP contribution in [0.1, 0.15) is 32.1 Å². The number of hydrogen-bond acceptors (Lipinski definition) is 1. The highest BCUT2D eigenvalue weighted by Crippen LogP contribution is 2.56. The molecular formula is C8H13N. The van der Waals surface area contributed by atoms with Gasteiger partial charge in [-0.3, -0.25) is 0 Å². The molecule has 0 radical (unpaired) electrons. The molecule has 0 bridgehead atoms. The van der Waals surface area contributed by atoms with Crippen LogP contribution < -0.4 is 5.32 Å². The van der Waals surface area contributed by atoms with E-state index >= 15 is 0 Å². The van der Waals surface area contributed by atoms with Gasteiger partial charge in [0.25, 0.3) is 0 Å². The van der Waals surface area contributed by atoms with Crippen molar-refractivity contribution in [3.63, 3.8) is 0 Å². The minimum absolute atomic E-state index is 0.734. The van der Waals surface area contributed by atoms with Gasteiger partial charge >= 0.3 is 0 Å². The molecule has 1 heteroatoms. The van der Waals surface area contributed by atoms with Crippen molar-refractivity contribution in [2.45, 2.75) is 43.7 Å². The third-order valence-corrected chi connectivity index (χ3v) is 3.66. The fourth-order valence-corrected chi connectivity index (χ4v) is 2.89. The van der Waals surface area contributed by atoms with E-state index in [9.17, 15) is 0 Å². The van der Waals surface area contributed by atoms with Gasteiger partial charge in [-0.1, -0.05) is 6.42 Å². The molecule has 1 aliphatic heterocycles. The second-order valence-electron chi connectivity index (χ2n) is 3.90. The Morgan fingerprint density at radius 2 is 2.22 bits per heavy atom. The van der Waals surface area contributed by atoms with Crippen LogP contribution in [0.15, 0.2) is 0 Å². The first-order valence-electron chi connectivity index (χ1n) is 4.19. The van der Waals surface area contributed by atoms with Crippen LogP contribution in [-0.2, 0) is 0 Å². The normalized spacial score (nSPS) is 61.3. The molecule has 3 fully saturated rings. The van der Waals surface area contributed by atoms with Crippen LogP contribution in [0, 0.1) is 5.92 Å². The molecule has 1 N–H and O–H groups in total. The van der Waals surface area contributed by atoms with Crippen LogP contribution in [0.4, 0.5) is 0 Å². The standard InChI is InChI=1S/C8H13N/c1-2-6-4-5-8(6)7(3-1)9-8/h6-7,9H,1-5H2. The van der Waals surface area contributed by atoms with Crippen LogP contribution >= 0.6 is 0 Å². The van der Waals surface area contributed by atoms with Crippen molar-refractivity contribution in [2.24, 2.45) is 5.92 Å². The average molecular weight is 123 g/mol. The van der Waals surface area contributed by atoms with Crippen LogP contribution in [0.25, 0.3) is 0 Å². The molecule has 9 heavy (non-hydrogen) atoms. The van der Waals surface area contributed by atoms with Crippen molar-refractivity contribution in [2.75, 3.05) is 0 Å². The van der Waals surface area contributed by atoms with Crippen molar-refractivity contribution < 1.29 is 0 Å². The largest absolute Gasteiger partial charge is 0.305 e. The van der Waals surface area contributed by atoms with E-state index in [1.807, 2.05) is 0 Å². The van der Waals surface area contributed by atoms with Gasteiger partial charge in [-0.25, -0.2) is 0 Å². The van der Waals surface area contributed by atoms with E-state index in [1.165, 1.54) is 32.1 Å². The molecule has 3 atom stereocenters. The van der Waals surface area contributed by atoms with Crippen molar-refractivity contribution in [3.8, 4) is 0 Å². The molecule has 3 unspecified atom stereocenters. The topological polar surface area (TPSA) is 21.9 Å². The predicted octanol–water partition coefficient (Wildman–Crippen LogP) is 1.29. The third-order valence-electron chi connectivity index (χ3n) is 3.66. The second kappa shape index (κ2) is 1.20. The SMILES string of the molecule is C1CC2CCC23NC3C1. The summed E-state index contributed by atoms with van der Waals surface area (Å²) in [5.74, 6) is 1.09. The highest BCUT2D eigenvalue weighted by Gasteiger charge is 2.64. The Balaban J connectivity index is 1.90. The minimum atomic E-state index is 0.734. The van der Waals surface area contributed by atoms with E-state index in [1.54, 1.807) is 0 Å². The van der Waals surface area contributed by atoms with Crippen LogP contribution in [0.3, 0.4) is 0 Å². The summed E-state index contributed by atoms with van der Waals surface area (Å²) in [4.78, 5) is 0. The Hall–Kier alpha value is -0.0400. The van der Waals surface area contributed by atoms with Gasteiger partial charge in [0.05, 0.1) is 0 Å². The molecule has 1 spiro atoms. The quantitative estimate of drug-likeness (QED) is 0.482. The summed E-state index contributed by atoms with van der Waals surface area (Å²) >= 11 is 0. The number of hydrogen-bond donors (Lipinski definition) is 1. The van der Waals surface area contributed by atoms with Crippen LogP contribution in [-0.4, -0.2) is 11.6 Å². The maximum atomic E-state index is 3.64. The van der Waals surface area contributed by atoms with Gasteiger partial charge in [0.2, 0.25) is 0 Å². The Morgan fingerprint density at radius 1 is 1.22 bits per heavy atom. The van der Waals surface area contributed by atoms with E-state index < -0.39 is 0 Å². The molecule has 0 amide bonds. The fourth-order valence-electron chi connectivity index (χ4n) is 2.89. The smallest absolute Gasteiger partial charge is 0.0366 e. The van der Waals surface area contributed by atoms with E-state index in [0.717, 1.165) is 17.5 Å². The average Bonchev–Trinajstić information content (AvgIpc) is 2.52. The monoisotopic (exact) mass is 123 g/mol. The van der Waals surface area contributed by atoms with Gasteiger partial charge < -0.3 is 5.32 Å². The summed E-state index contributed by atoms with van der Waals surface area (Å²) in [7, 11) is 0. The summed E-state index contributed by atoms with van der Waals surface area (Å²) in [5.41, 5.74) is 0.734. The molecule has 50 valence electrons. The lowest BCUT2D eigenvalue weighted by Crippen LogP contribution is -2.41. The molecular weight excluding hydrogens is 110 g/mol. The van der Waals surface area contributed by atoms with Gasteiger partial charge in [-0.2, -0.15) is 0 Å². The maximum absolute atomic E-state index is 3.64. The first kappa shape index (κ1) is 4.73. The molecule has 1 saturated heterocycles. The lowest BCUT2D eigenvalue weighted by molar-refractivity contribution is 0.172. The van der Waals surface area contributed by atoms with E-state index in [0.29, 0.717) is 0 Å². The molecule has 2 aliphatic carbocycles. The van der Waals surface area contributed by atoms with Gasteiger partial charge in [0.15, 0.2) is 0 Å². The second-order valence-corrected chi connectivity index (χ2v) is 3.90. The first-order valence-corrected chi connectivity index (χ1v) is 4.19. The zero-order valence-corrected chi connectivity index (χ0v) is 5.69. The van der Waals surface area contributed by atoms with Crippen molar-refractivity contribution in [1.29, 1.82) is 0 Å². The number of nitrogens with one attached hydrogen (secondary N) is 1. The van der Waals surface area contributed by atoms with E-state index in [4.69, 9.17) is 0 Å². The van der Waals surface area contributed by atoms with Crippen molar-refractivity contribution in [3.05, 3.63) is 0 Å². The zero-order valence-electron chi connectivity index (χ0n) is 5.69. The highest BCUT2D eigenvalue weighted by atomic mass is 15.2. The van der Waals surface area contributed by atoms with E-state index in [2.05, 4.69) is 5.32 Å². The molecule has 1 nitrogen and oxygen atoms in total. The van der Waals surface area contributed by atoms with Crippen molar-refractivity contribution >= 4 is 0 Å². The predicted molar refractivity (Wildman–Crippen MR) is 36.2 cm³/mol. The lowest BCUT2D eigenvalue weighted by atomic mass is 9.65. The van der Waals surface area contributed by atoms with Gasteiger partial charge in [-0.15, -0.1) is 0 Å². The summed E-state index contributed by atoms with van der Waals surface area (Å²) in [6.45, 7) is 0. The Bertz CT molecular complexity index is 155. The molecule has 3 aliphatic rings. The van der Waals surface area contributed by atoms with Crippen LogP contribution in [0.2, 0.25) is 0 Å². The van der Waals surface area contributed by atoms with Crippen molar-refractivity contribution in [1.82, 2.24) is 5.32 Å². The Morgan fingerprint density at radius 3 is 2.78 bits per heavy atom. The summed E-state index contributed by atoms with van der Waals surface area (Å²) in [6, 6.07) is 0.963. The van der Waals surface area contributed by atoms with Gasteiger partial charge in [0.1, 0.15) is 0 Å². The zero-order chi connectivity index (χ0) is 5.90. The molecule has 2 saturated carbocycles. The highest BCUT2D eigenvalue weighted by molar-refractivity contribution is 5.24. The fraction of sp³-hybridized carbons (Fsp3) is 1.00. The minimum Gasteiger partial charge on any atom is -0.305 e. The van der Waals surface area contributed by atoms with Gasteiger partial charge in [-0.05, 0) is 31.6 Å². The Labute approximate surface area is 55.8 Å². The molecule has 0 aromatic carbocycles. The summed E-state index contributed by atoms with van der Waals surface area (Å²) < 4.78 is 0. The van der Waals surface area contributed by atoms with E-state index in [-0.39, 0.29) is 0 Å². The molecule has 0 aromatic heterocycles. The van der Waals surface area contributed by atoms with Gasteiger partial charge in [0, 0.05) is 11.6 Å². The number of rotatable bonds is 0.